The zero-order chi connectivity index (χ0) is 12.5. The largest absolute Gasteiger partial charge is 0.396 e. The highest BCUT2D eigenvalue weighted by molar-refractivity contribution is 5.24. The Balaban J connectivity index is 3.15. The third-order valence-corrected chi connectivity index (χ3v) is 2.61. The molecule has 0 aliphatic carbocycles. The number of aliphatic hydroxyl groups excluding tert-OH is 1. The van der Waals surface area contributed by atoms with Crippen LogP contribution in [0.1, 0.15) is 25.5 Å². The van der Waals surface area contributed by atoms with Crippen LogP contribution in [0.3, 0.4) is 0 Å². The van der Waals surface area contributed by atoms with Crippen LogP contribution in [0.4, 0.5) is 13.2 Å². The highest BCUT2D eigenvalue weighted by atomic mass is 19.2. The maximum Gasteiger partial charge on any atom is 0.194 e. The van der Waals surface area contributed by atoms with E-state index in [-0.39, 0.29) is 12.2 Å². The van der Waals surface area contributed by atoms with Gasteiger partial charge in [-0.2, -0.15) is 0 Å². The summed E-state index contributed by atoms with van der Waals surface area (Å²) >= 11 is 0. The summed E-state index contributed by atoms with van der Waals surface area (Å²) in [6, 6.07) is 0.920. The van der Waals surface area contributed by atoms with Crippen molar-refractivity contribution in [3.63, 3.8) is 0 Å². The Morgan fingerprint density at radius 3 is 2.06 bits per heavy atom. The average Bonchev–Trinajstić information content (AvgIpc) is 2.24. The second kappa shape index (κ2) is 4.43. The first-order chi connectivity index (χ1) is 7.29. The molecule has 0 bridgehead atoms. The number of nitrogens with two attached hydrogens (primary N) is 1. The molecule has 0 amide bonds. The third-order valence-electron chi connectivity index (χ3n) is 2.61. The topological polar surface area (TPSA) is 46.2 Å². The molecule has 0 fully saturated rings. The molecule has 0 saturated heterocycles. The van der Waals surface area contributed by atoms with E-state index in [1.54, 1.807) is 13.8 Å². The van der Waals surface area contributed by atoms with Crippen LogP contribution in [0.2, 0.25) is 0 Å². The third kappa shape index (κ3) is 2.36. The Hall–Kier alpha value is -1.07. The quantitative estimate of drug-likeness (QED) is 0.785. The lowest BCUT2D eigenvalue weighted by Gasteiger charge is -2.29. The van der Waals surface area contributed by atoms with Crippen molar-refractivity contribution in [2.75, 3.05) is 6.61 Å². The van der Waals surface area contributed by atoms with Crippen molar-refractivity contribution in [3.05, 3.63) is 35.1 Å². The van der Waals surface area contributed by atoms with Gasteiger partial charge < -0.3 is 10.8 Å². The molecular weight excluding hydrogens is 219 g/mol. The van der Waals surface area contributed by atoms with E-state index in [0.29, 0.717) is 0 Å². The first-order valence-corrected chi connectivity index (χ1v) is 4.80. The monoisotopic (exact) mass is 233 g/mol. The van der Waals surface area contributed by atoms with Gasteiger partial charge in [0.15, 0.2) is 17.5 Å². The van der Waals surface area contributed by atoms with Gasteiger partial charge >= 0.3 is 0 Å². The summed E-state index contributed by atoms with van der Waals surface area (Å²) in [4.78, 5) is 0. The lowest BCUT2D eigenvalue weighted by Crippen LogP contribution is -2.32. The lowest BCUT2D eigenvalue weighted by molar-refractivity contribution is 0.132. The minimum Gasteiger partial charge on any atom is -0.396 e. The highest BCUT2D eigenvalue weighted by Gasteiger charge is 2.28. The first-order valence-electron chi connectivity index (χ1n) is 4.80. The minimum atomic E-state index is -1.52. The fourth-order valence-electron chi connectivity index (χ4n) is 1.30. The standard InChI is InChI=1S/C11H14F3NO/c1-11(2,5-16)10(15)6-3-7(12)9(14)8(13)4-6/h3-4,10,16H,5,15H2,1-2H3/t10-/m1/s1. The van der Waals surface area contributed by atoms with Crippen LogP contribution < -0.4 is 5.73 Å². The molecular formula is C11H14F3NO. The zero-order valence-electron chi connectivity index (χ0n) is 9.10. The Morgan fingerprint density at radius 1 is 1.25 bits per heavy atom. The molecule has 0 radical (unpaired) electrons. The van der Waals surface area contributed by atoms with Gasteiger partial charge in [0.25, 0.3) is 0 Å². The zero-order valence-corrected chi connectivity index (χ0v) is 9.10. The van der Waals surface area contributed by atoms with Crippen molar-refractivity contribution in [1.82, 2.24) is 0 Å². The van der Waals surface area contributed by atoms with E-state index in [2.05, 4.69) is 0 Å². The Bertz CT molecular complexity index is 370. The summed E-state index contributed by atoms with van der Waals surface area (Å²) in [5, 5.41) is 9.08. The van der Waals surface area contributed by atoms with Crippen LogP contribution in [0.15, 0.2) is 12.1 Å². The normalized spacial score (nSPS) is 13.9. The van der Waals surface area contributed by atoms with Crippen molar-refractivity contribution < 1.29 is 18.3 Å². The van der Waals surface area contributed by atoms with E-state index < -0.39 is 28.9 Å². The van der Waals surface area contributed by atoms with Gasteiger partial charge in [-0.1, -0.05) is 13.8 Å². The van der Waals surface area contributed by atoms with Gasteiger partial charge in [0, 0.05) is 18.1 Å². The molecule has 1 rings (SSSR count). The van der Waals surface area contributed by atoms with Gasteiger partial charge in [-0.15, -0.1) is 0 Å². The van der Waals surface area contributed by atoms with E-state index in [1.165, 1.54) is 0 Å². The number of rotatable bonds is 3. The Labute approximate surface area is 91.9 Å². The summed E-state index contributed by atoms with van der Waals surface area (Å²) in [6.07, 6.45) is 0. The molecule has 16 heavy (non-hydrogen) atoms. The molecule has 1 aromatic rings. The number of halogens is 3. The SMILES string of the molecule is CC(C)(CO)[C@H](N)c1cc(F)c(F)c(F)c1. The molecule has 0 aromatic heterocycles. The van der Waals surface area contributed by atoms with Crippen molar-refractivity contribution >= 4 is 0 Å². The van der Waals surface area contributed by atoms with Crippen molar-refractivity contribution in [3.8, 4) is 0 Å². The predicted molar refractivity (Wildman–Crippen MR) is 54.1 cm³/mol. The maximum atomic E-state index is 13.0. The number of benzene rings is 1. The Kier molecular flexibility index (Phi) is 3.60. The molecule has 1 atom stereocenters. The first kappa shape index (κ1) is 13.0. The molecule has 3 N–H and O–H groups in total. The maximum absolute atomic E-state index is 13.0. The second-order valence-electron chi connectivity index (χ2n) is 4.42. The van der Waals surface area contributed by atoms with E-state index in [9.17, 15) is 13.2 Å². The van der Waals surface area contributed by atoms with Crippen LogP contribution in [0.5, 0.6) is 0 Å². The molecule has 0 aliphatic heterocycles. The Morgan fingerprint density at radius 2 is 1.69 bits per heavy atom. The molecule has 2 nitrogen and oxygen atoms in total. The van der Waals surface area contributed by atoms with E-state index >= 15 is 0 Å². The molecule has 1 aromatic carbocycles. The molecule has 0 aliphatic rings. The van der Waals surface area contributed by atoms with Crippen LogP contribution >= 0.6 is 0 Å². The lowest BCUT2D eigenvalue weighted by atomic mass is 9.82. The summed E-state index contributed by atoms with van der Waals surface area (Å²) in [5.41, 5.74) is 5.14. The van der Waals surface area contributed by atoms with E-state index in [1.807, 2.05) is 0 Å². The average molecular weight is 233 g/mol. The molecule has 0 spiro atoms. The predicted octanol–water partition coefficient (Wildman–Crippen LogP) is 2.12. The van der Waals surface area contributed by atoms with E-state index in [4.69, 9.17) is 10.8 Å². The molecule has 5 heteroatoms. The summed E-state index contributed by atoms with van der Waals surface area (Å²) in [5.74, 6) is -4.07. The molecule has 90 valence electrons. The fraction of sp³-hybridized carbons (Fsp3) is 0.455. The van der Waals surface area contributed by atoms with Gasteiger partial charge in [0.1, 0.15) is 0 Å². The van der Waals surface area contributed by atoms with Crippen molar-refractivity contribution in [2.45, 2.75) is 19.9 Å². The summed E-state index contributed by atoms with van der Waals surface area (Å²) in [7, 11) is 0. The van der Waals surface area contributed by atoms with Crippen LogP contribution in [-0.4, -0.2) is 11.7 Å². The molecule has 0 saturated carbocycles. The fourth-order valence-corrected chi connectivity index (χ4v) is 1.30. The van der Waals surface area contributed by atoms with Gasteiger partial charge in [0.05, 0.1) is 0 Å². The smallest absolute Gasteiger partial charge is 0.194 e. The number of aliphatic hydroxyl groups is 1. The highest BCUT2D eigenvalue weighted by Crippen LogP contribution is 2.31. The summed E-state index contributed by atoms with van der Waals surface area (Å²) < 4.78 is 38.6. The van der Waals surface area contributed by atoms with Crippen molar-refractivity contribution in [1.29, 1.82) is 0 Å². The van der Waals surface area contributed by atoms with Gasteiger partial charge in [0.2, 0.25) is 0 Å². The van der Waals surface area contributed by atoms with Crippen LogP contribution in [0.25, 0.3) is 0 Å². The minimum absolute atomic E-state index is 0.121. The summed E-state index contributed by atoms with van der Waals surface area (Å²) in [6.45, 7) is 3.06. The van der Waals surface area contributed by atoms with Crippen molar-refractivity contribution in [2.24, 2.45) is 11.1 Å². The van der Waals surface area contributed by atoms with Gasteiger partial charge in [-0.25, -0.2) is 13.2 Å². The molecule has 0 unspecified atom stereocenters. The number of hydrogen-bond acceptors (Lipinski definition) is 2. The second-order valence-corrected chi connectivity index (χ2v) is 4.42. The molecule has 0 heterocycles. The van der Waals surface area contributed by atoms with Gasteiger partial charge in [-0.3, -0.25) is 0 Å². The van der Waals surface area contributed by atoms with Crippen LogP contribution in [-0.2, 0) is 0 Å². The number of hydrogen-bond donors (Lipinski definition) is 2. The van der Waals surface area contributed by atoms with Gasteiger partial charge in [-0.05, 0) is 17.7 Å². The van der Waals surface area contributed by atoms with Crippen LogP contribution in [0, 0.1) is 22.9 Å². The van der Waals surface area contributed by atoms with E-state index in [0.717, 1.165) is 12.1 Å².